The topological polar surface area (TPSA) is 73.8 Å². The van der Waals surface area contributed by atoms with Crippen LogP contribution in [0.5, 0.6) is 0 Å². The number of hydrogen-bond donors (Lipinski definition) is 1. The van der Waals surface area contributed by atoms with Crippen molar-refractivity contribution >= 4 is 17.1 Å². The van der Waals surface area contributed by atoms with Crippen LogP contribution in [0.25, 0.3) is 0 Å². The Labute approximate surface area is 96.9 Å². The Kier molecular flexibility index (Phi) is 3.12. The monoisotopic (exact) mass is 236 g/mol. The van der Waals surface area contributed by atoms with Gasteiger partial charge in [0, 0.05) is 25.2 Å². The van der Waals surface area contributed by atoms with E-state index in [2.05, 4.69) is 10.1 Å². The molecular formula is C10H12N4OS. The zero-order chi connectivity index (χ0) is 11.5. The van der Waals surface area contributed by atoms with E-state index in [9.17, 15) is 4.79 Å². The van der Waals surface area contributed by atoms with Crippen LogP contribution in [0, 0.1) is 0 Å². The molecule has 0 fully saturated rings. The maximum Gasteiger partial charge on any atom is 0.188 e. The molecule has 0 bridgehead atoms. The van der Waals surface area contributed by atoms with Gasteiger partial charge in [0.15, 0.2) is 5.78 Å². The third kappa shape index (κ3) is 2.34. The van der Waals surface area contributed by atoms with E-state index in [0.717, 1.165) is 10.7 Å². The van der Waals surface area contributed by atoms with Crippen LogP contribution in [-0.2, 0) is 20.0 Å². The maximum atomic E-state index is 11.8. The molecule has 0 spiro atoms. The standard InChI is InChI=1S/C10H12N4OS/c1-14-3-2-7(13-14)4-9(15)8-6-16-10(5-11)12-8/h2-3,6H,4-5,11H2,1H3. The van der Waals surface area contributed by atoms with Gasteiger partial charge in [-0.1, -0.05) is 0 Å². The molecule has 0 aliphatic rings. The van der Waals surface area contributed by atoms with Gasteiger partial charge in [-0.2, -0.15) is 5.10 Å². The minimum absolute atomic E-state index is 0.0188. The van der Waals surface area contributed by atoms with Crippen LogP contribution >= 0.6 is 11.3 Å². The average molecular weight is 236 g/mol. The van der Waals surface area contributed by atoms with Gasteiger partial charge in [-0.15, -0.1) is 11.3 Å². The predicted octanol–water partition coefficient (Wildman–Crippen LogP) is 0.761. The Morgan fingerprint density at radius 3 is 3.00 bits per heavy atom. The lowest BCUT2D eigenvalue weighted by Crippen LogP contribution is -2.06. The highest BCUT2D eigenvalue weighted by Gasteiger charge is 2.12. The van der Waals surface area contributed by atoms with E-state index in [-0.39, 0.29) is 12.2 Å². The van der Waals surface area contributed by atoms with Crippen LogP contribution in [-0.4, -0.2) is 20.5 Å². The van der Waals surface area contributed by atoms with Crippen molar-refractivity contribution in [3.8, 4) is 0 Å². The van der Waals surface area contributed by atoms with Crippen LogP contribution in [0.3, 0.4) is 0 Å². The van der Waals surface area contributed by atoms with Gasteiger partial charge in [-0.05, 0) is 6.07 Å². The SMILES string of the molecule is Cn1ccc(CC(=O)c2csc(CN)n2)n1. The van der Waals surface area contributed by atoms with Gasteiger partial charge in [0.2, 0.25) is 0 Å². The minimum Gasteiger partial charge on any atom is -0.325 e. The molecule has 0 unspecified atom stereocenters. The number of thiazole rings is 1. The summed E-state index contributed by atoms with van der Waals surface area (Å²) in [5.41, 5.74) is 6.68. The molecule has 2 N–H and O–H groups in total. The van der Waals surface area contributed by atoms with Crippen molar-refractivity contribution in [2.45, 2.75) is 13.0 Å². The molecule has 2 rings (SSSR count). The fourth-order valence-corrected chi connectivity index (χ4v) is 2.02. The summed E-state index contributed by atoms with van der Waals surface area (Å²) in [6.45, 7) is 0.377. The fourth-order valence-electron chi connectivity index (χ4n) is 1.35. The van der Waals surface area contributed by atoms with Gasteiger partial charge in [0.1, 0.15) is 10.7 Å². The van der Waals surface area contributed by atoms with E-state index in [1.54, 1.807) is 10.1 Å². The largest absolute Gasteiger partial charge is 0.325 e. The first kappa shape index (κ1) is 11.0. The van der Waals surface area contributed by atoms with Crippen molar-refractivity contribution in [3.63, 3.8) is 0 Å². The predicted molar refractivity (Wildman–Crippen MR) is 61.2 cm³/mol. The summed E-state index contributed by atoms with van der Waals surface area (Å²) >= 11 is 1.41. The average Bonchev–Trinajstić information content (AvgIpc) is 2.87. The van der Waals surface area contributed by atoms with Gasteiger partial charge in [0.05, 0.1) is 12.1 Å². The molecule has 84 valence electrons. The summed E-state index contributed by atoms with van der Waals surface area (Å²) in [4.78, 5) is 15.9. The van der Waals surface area contributed by atoms with Crippen LogP contribution < -0.4 is 5.73 Å². The molecular weight excluding hydrogens is 224 g/mol. The lowest BCUT2D eigenvalue weighted by Gasteiger charge is -1.93. The highest BCUT2D eigenvalue weighted by Crippen LogP contribution is 2.11. The van der Waals surface area contributed by atoms with Crippen molar-refractivity contribution in [3.05, 3.63) is 34.0 Å². The van der Waals surface area contributed by atoms with Crippen molar-refractivity contribution in [1.29, 1.82) is 0 Å². The third-order valence-corrected chi connectivity index (χ3v) is 2.99. The first-order valence-corrected chi connectivity index (χ1v) is 5.73. The van der Waals surface area contributed by atoms with Crippen molar-refractivity contribution in [1.82, 2.24) is 14.8 Å². The smallest absolute Gasteiger partial charge is 0.188 e. The molecule has 5 nitrogen and oxygen atoms in total. The number of aryl methyl sites for hydroxylation is 1. The second kappa shape index (κ2) is 4.54. The number of carbonyl (C=O) groups excluding carboxylic acids is 1. The molecule has 0 saturated heterocycles. The molecule has 0 aromatic carbocycles. The summed E-state index contributed by atoms with van der Waals surface area (Å²) < 4.78 is 1.68. The molecule has 2 aromatic heterocycles. The summed E-state index contributed by atoms with van der Waals surface area (Å²) in [5, 5.41) is 6.68. The number of aromatic nitrogens is 3. The summed E-state index contributed by atoms with van der Waals surface area (Å²) in [6.07, 6.45) is 2.10. The van der Waals surface area contributed by atoms with Gasteiger partial charge >= 0.3 is 0 Å². The third-order valence-electron chi connectivity index (χ3n) is 2.12. The summed E-state index contributed by atoms with van der Waals surface area (Å²) in [6, 6.07) is 1.83. The Balaban J connectivity index is 2.08. The van der Waals surface area contributed by atoms with Crippen LogP contribution in [0.1, 0.15) is 21.2 Å². The second-order valence-corrected chi connectivity index (χ2v) is 4.35. The number of ketones is 1. The molecule has 0 aliphatic carbocycles. The number of hydrogen-bond acceptors (Lipinski definition) is 5. The Bertz CT molecular complexity index is 502. The second-order valence-electron chi connectivity index (χ2n) is 3.41. The van der Waals surface area contributed by atoms with E-state index >= 15 is 0 Å². The number of rotatable bonds is 4. The molecule has 16 heavy (non-hydrogen) atoms. The lowest BCUT2D eigenvalue weighted by molar-refractivity contribution is 0.0987. The first-order chi connectivity index (χ1) is 7.69. The van der Waals surface area contributed by atoms with Crippen LogP contribution in [0.2, 0.25) is 0 Å². The van der Waals surface area contributed by atoms with Gasteiger partial charge < -0.3 is 5.73 Å². The van der Waals surface area contributed by atoms with E-state index in [4.69, 9.17) is 5.73 Å². The molecule has 0 atom stereocenters. The molecule has 2 heterocycles. The Hall–Kier alpha value is -1.53. The van der Waals surface area contributed by atoms with Gasteiger partial charge in [-0.3, -0.25) is 9.48 Å². The highest BCUT2D eigenvalue weighted by atomic mass is 32.1. The quantitative estimate of drug-likeness (QED) is 0.795. The minimum atomic E-state index is -0.0188. The summed E-state index contributed by atoms with van der Waals surface area (Å²) in [5.74, 6) is -0.0188. The number of Topliss-reactive ketones (excluding diaryl/α,β-unsaturated/α-hetero) is 1. The molecule has 0 amide bonds. The molecule has 0 saturated carbocycles. The summed E-state index contributed by atoms with van der Waals surface area (Å²) in [7, 11) is 1.82. The number of nitrogens with zero attached hydrogens (tertiary/aromatic N) is 3. The van der Waals surface area contributed by atoms with E-state index in [0.29, 0.717) is 12.2 Å². The van der Waals surface area contributed by atoms with E-state index in [1.165, 1.54) is 11.3 Å². The number of nitrogens with two attached hydrogens (primary N) is 1. The molecule has 2 aromatic rings. The molecule has 0 radical (unpaired) electrons. The zero-order valence-corrected chi connectivity index (χ0v) is 9.70. The fraction of sp³-hybridized carbons (Fsp3) is 0.300. The number of carbonyl (C=O) groups is 1. The zero-order valence-electron chi connectivity index (χ0n) is 8.88. The lowest BCUT2D eigenvalue weighted by atomic mass is 10.2. The molecule has 0 aliphatic heterocycles. The van der Waals surface area contributed by atoms with Crippen molar-refractivity contribution < 1.29 is 4.79 Å². The highest BCUT2D eigenvalue weighted by molar-refractivity contribution is 7.09. The Morgan fingerprint density at radius 1 is 1.62 bits per heavy atom. The van der Waals surface area contributed by atoms with Crippen molar-refractivity contribution in [2.75, 3.05) is 0 Å². The van der Waals surface area contributed by atoms with Gasteiger partial charge in [0.25, 0.3) is 0 Å². The van der Waals surface area contributed by atoms with Gasteiger partial charge in [-0.25, -0.2) is 4.98 Å². The molecule has 6 heteroatoms. The van der Waals surface area contributed by atoms with E-state index < -0.39 is 0 Å². The normalized spacial score (nSPS) is 10.6. The van der Waals surface area contributed by atoms with Crippen LogP contribution in [0.15, 0.2) is 17.6 Å². The first-order valence-electron chi connectivity index (χ1n) is 4.85. The maximum absolute atomic E-state index is 11.8. The van der Waals surface area contributed by atoms with Crippen LogP contribution in [0.4, 0.5) is 0 Å². The van der Waals surface area contributed by atoms with Crippen molar-refractivity contribution in [2.24, 2.45) is 12.8 Å². The Morgan fingerprint density at radius 2 is 2.44 bits per heavy atom. The van der Waals surface area contributed by atoms with E-state index in [1.807, 2.05) is 19.3 Å².